The molecule has 2 aromatic heterocycles. The van der Waals surface area contributed by atoms with E-state index < -0.39 is 0 Å². The molecule has 0 bridgehead atoms. The van der Waals surface area contributed by atoms with Crippen LogP contribution >= 0.6 is 11.3 Å². The Labute approximate surface area is 178 Å². The number of thiophene rings is 1. The zero-order valence-corrected chi connectivity index (χ0v) is 18.6. The molecule has 29 heavy (non-hydrogen) atoms. The van der Waals surface area contributed by atoms with Crippen molar-refractivity contribution in [3.05, 3.63) is 40.3 Å². The van der Waals surface area contributed by atoms with Gasteiger partial charge in [-0.2, -0.15) is 0 Å². The Kier molecular flexibility index (Phi) is 8.25. The Morgan fingerprint density at radius 1 is 1.21 bits per heavy atom. The van der Waals surface area contributed by atoms with Gasteiger partial charge in [0.1, 0.15) is 0 Å². The van der Waals surface area contributed by atoms with E-state index in [0.717, 1.165) is 64.1 Å². The fourth-order valence-corrected chi connectivity index (χ4v) is 4.45. The van der Waals surface area contributed by atoms with Crippen LogP contribution in [-0.4, -0.2) is 72.7 Å². The average molecular weight is 416 g/mol. The summed E-state index contributed by atoms with van der Waals surface area (Å²) in [5.74, 6) is 1.74. The van der Waals surface area contributed by atoms with Gasteiger partial charge in [-0.1, -0.05) is 0 Å². The third-order valence-corrected chi connectivity index (χ3v) is 5.95. The molecule has 8 heteroatoms. The Balaban J connectivity index is 1.42. The summed E-state index contributed by atoms with van der Waals surface area (Å²) in [4.78, 5) is 21.0. The second kappa shape index (κ2) is 11.1. The quantitative estimate of drug-likeness (QED) is 0.509. The van der Waals surface area contributed by atoms with Crippen molar-refractivity contribution in [2.45, 2.75) is 33.2 Å². The van der Waals surface area contributed by atoms with Gasteiger partial charge >= 0.3 is 0 Å². The van der Waals surface area contributed by atoms with Crippen LogP contribution in [0.4, 0.5) is 5.95 Å². The average Bonchev–Trinajstić information content (AvgIpc) is 3.13. The topological polar surface area (TPSA) is 68.7 Å². The summed E-state index contributed by atoms with van der Waals surface area (Å²) in [5, 5.41) is 6.91. The number of aliphatic imine (C=N–C) groups is 1. The first-order valence-electron chi connectivity index (χ1n) is 10.5. The van der Waals surface area contributed by atoms with Gasteiger partial charge in [0, 0.05) is 73.9 Å². The van der Waals surface area contributed by atoms with Crippen molar-refractivity contribution < 1.29 is 0 Å². The highest BCUT2D eigenvalue weighted by Crippen LogP contribution is 2.16. The number of piperazine rings is 1. The Bertz CT molecular complexity index is 753. The van der Waals surface area contributed by atoms with E-state index in [-0.39, 0.29) is 0 Å². The summed E-state index contributed by atoms with van der Waals surface area (Å²) < 4.78 is 0. The number of rotatable bonds is 8. The number of hydrogen-bond donors (Lipinski definition) is 2. The summed E-state index contributed by atoms with van der Waals surface area (Å²) in [6.07, 6.45) is 4.63. The molecule has 0 saturated carbocycles. The van der Waals surface area contributed by atoms with Gasteiger partial charge in [-0.25, -0.2) is 9.97 Å². The van der Waals surface area contributed by atoms with E-state index in [9.17, 15) is 0 Å². The Morgan fingerprint density at radius 2 is 1.97 bits per heavy atom. The monoisotopic (exact) mass is 415 g/mol. The van der Waals surface area contributed by atoms with Gasteiger partial charge in [0.2, 0.25) is 5.95 Å². The highest BCUT2D eigenvalue weighted by molar-refractivity contribution is 7.11. The van der Waals surface area contributed by atoms with Crippen molar-refractivity contribution in [2.24, 2.45) is 4.99 Å². The lowest BCUT2D eigenvalue weighted by Gasteiger charge is -2.34. The van der Waals surface area contributed by atoms with Gasteiger partial charge in [0.05, 0.1) is 6.54 Å². The number of anilines is 1. The van der Waals surface area contributed by atoms with Gasteiger partial charge in [-0.05, 0) is 39.0 Å². The molecule has 1 fully saturated rings. The van der Waals surface area contributed by atoms with E-state index in [1.54, 1.807) is 12.4 Å². The lowest BCUT2D eigenvalue weighted by Crippen LogP contribution is -2.48. The molecule has 3 heterocycles. The smallest absolute Gasteiger partial charge is 0.225 e. The number of nitrogens with one attached hydrogen (secondary N) is 2. The molecule has 0 spiro atoms. The molecular weight excluding hydrogens is 382 g/mol. The number of nitrogens with zero attached hydrogens (tertiary/aromatic N) is 5. The first-order chi connectivity index (χ1) is 14.1. The lowest BCUT2D eigenvalue weighted by molar-refractivity contribution is 0.263. The molecule has 1 aliphatic rings. The molecule has 7 nitrogen and oxygen atoms in total. The van der Waals surface area contributed by atoms with Crippen LogP contribution in [0.25, 0.3) is 0 Å². The molecule has 3 rings (SSSR count). The molecule has 2 N–H and O–H groups in total. The van der Waals surface area contributed by atoms with Crippen LogP contribution in [0, 0.1) is 6.92 Å². The molecule has 2 aromatic rings. The summed E-state index contributed by atoms with van der Waals surface area (Å²) in [7, 11) is 0. The van der Waals surface area contributed by atoms with Gasteiger partial charge in [-0.3, -0.25) is 9.89 Å². The van der Waals surface area contributed by atoms with Crippen molar-refractivity contribution in [1.29, 1.82) is 0 Å². The molecule has 0 aliphatic carbocycles. The van der Waals surface area contributed by atoms with Crippen LogP contribution in [0.2, 0.25) is 0 Å². The molecule has 0 aromatic carbocycles. The molecule has 0 amide bonds. The number of aryl methyl sites for hydroxylation is 1. The molecular formula is C21H33N7S. The van der Waals surface area contributed by atoms with E-state index in [0.29, 0.717) is 6.04 Å². The summed E-state index contributed by atoms with van der Waals surface area (Å²) >= 11 is 1.87. The first-order valence-corrected chi connectivity index (χ1v) is 11.3. The first kappa shape index (κ1) is 21.5. The van der Waals surface area contributed by atoms with Crippen LogP contribution in [0.5, 0.6) is 0 Å². The van der Waals surface area contributed by atoms with Gasteiger partial charge in [0.15, 0.2) is 5.96 Å². The molecule has 158 valence electrons. The minimum absolute atomic E-state index is 0.347. The Morgan fingerprint density at radius 3 is 2.62 bits per heavy atom. The van der Waals surface area contributed by atoms with Crippen molar-refractivity contribution in [1.82, 2.24) is 25.5 Å². The van der Waals surface area contributed by atoms with Crippen molar-refractivity contribution in [3.8, 4) is 0 Å². The maximum Gasteiger partial charge on any atom is 0.225 e. The van der Waals surface area contributed by atoms with E-state index >= 15 is 0 Å². The van der Waals surface area contributed by atoms with E-state index in [4.69, 9.17) is 4.99 Å². The van der Waals surface area contributed by atoms with Gasteiger partial charge in [0.25, 0.3) is 0 Å². The summed E-state index contributed by atoms with van der Waals surface area (Å²) in [6.45, 7) is 13.1. The molecule has 1 atom stereocenters. The number of hydrogen-bond acceptors (Lipinski definition) is 6. The van der Waals surface area contributed by atoms with Gasteiger partial charge < -0.3 is 15.5 Å². The Hall–Kier alpha value is -2.19. The van der Waals surface area contributed by atoms with E-state index in [1.807, 2.05) is 17.4 Å². The molecule has 1 unspecified atom stereocenters. The third kappa shape index (κ3) is 6.97. The van der Waals surface area contributed by atoms with Crippen LogP contribution in [0.1, 0.15) is 23.6 Å². The van der Waals surface area contributed by atoms with Crippen LogP contribution in [0.3, 0.4) is 0 Å². The zero-order valence-electron chi connectivity index (χ0n) is 17.8. The van der Waals surface area contributed by atoms with Crippen LogP contribution in [-0.2, 0) is 6.42 Å². The minimum atomic E-state index is 0.347. The lowest BCUT2D eigenvalue weighted by atomic mass is 10.2. The maximum absolute atomic E-state index is 4.79. The van der Waals surface area contributed by atoms with Crippen molar-refractivity contribution >= 4 is 23.2 Å². The second-order valence-electron chi connectivity index (χ2n) is 7.40. The fraction of sp³-hybridized carbons (Fsp3) is 0.571. The van der Waals surface area contributed by atoms with Crippen LogP contribution in [0.15, 0.2) is 35.6 Å². The molecule has 1 aliphatic heterocycles. The van der Waals surface area contributed by atoms with E-state index in [2.05, 4.69) is 63.3 Å². The summed E-state index contributed by atoms with van der Waals surface area (Å²) in [5.41, 5.74) is 0. The zero-order chi connectivity index (χ0) is 20.5. The van der Waals surface area contributed by atoms with Crippen molar-refractivity contribution in [3.63, 3.8) is 0 Å². The SMILES string of the molecule is CCNC(=NCCN1CCN(c2ncccn2)CC1)NC(C)Cc1ccc(C)s1. The minimum Gasteiger partial charge on any atom is -0.357 e. The largest absolute Gasteiger partial charge is 0.357 e. The molecule has 1 saturated heterocycles. The predicted molar refractivity (Wildman–Crippen MR) is 122 cm³/mol. The highest BCUT2D eigenvalue weighted by atomic mass is 32.1. The maximum atomic E-state index is 4.79. The summed E-state index contributed by atoms with van der Waals surface area (Å²) in [6, 6.07) is 6.62. The van der Waals surface area contributed by atoms with Gasteiger partial charge in [-0.15, -0.1) is 11.3 Å². The fourth-order valence-electron chi connectivity index (χ4n) is 3.43. The predicted octanol–water partition coefficient (Wildman–Crippen LogP) is 2.15. The normalized spacial score (nSPS) is 16.7. The van der Waals surface area contributed by atoms with Crippen LogP contribution < -0.4 is 15.5 Å². The number of aromatic nitrogens is 2. The second-order valence-corrected chi connectivity index (χ2v) is 8.77. The highest BCUT2D eigenvalue weighted by Gasteiger charge is 2.18. The number of guanidine groups is 1. The third-order valence-electron chi connectivity index (χ3n) is 4.92. The van der Waals surface area contributed by atoms with E-state index in [1.165, 1.54) is 9.75 Å². The standard InChI is InChI=1S/C21H33N7S/c1-4-22-20(26-17(2)16-19-7-6-18(3)29-19)23-10-11-27-12-14-28(15-13-27)21-24-8-5-9-25-21/h5-9,17H,4,10-16H2,1-3H3,(H2,22,23,26). The van der Waals surface area contributed by atoms with Crippen molar-refractivity contribution in [2.75, 3.05) is 50.7 Å². The molecule has 0 radical (unpaired) electrons.